The first-order valence-electron chi connectivity index (χ1n) is 11.3. The Balaban J connectivity index is 0.000000245. The van der Waals surface area contributed by atoms with Gasteiger partial charge < -0.3 is 15.1 Å². The second-order valence-corrected chi connectivity index (χ2v) is 8.44. The molecule has 0 spiro atoms. The molecule has 0 bridgehead atoms. The Morgan fingerprint density at radius 1 is 1.13 bits per heavy atom. The first-order chi connectivity index (χ1) is 15.1. The van der Waals surface area contributed by atoms with Gasteiger partial charge in [-0.1, -0.05) is 44.2 Å². The third-order valence-electron chi connectivity index (χ3n) is 5.75. The molecule has 1 aliphatic rings. The Kier molecular flexibility index (Phi) is 11.9. The zero-order valence-electron chi connectivity index (χ0n) is 19.0. The van der Waals surface area contributed by atoms with Crippen molar-refractivity contribution in [2.75, 3.05) is 33.7 Å². The normalized spacial score (nSPS) is 14.2. The van der Waals surface area contributed by atoms with Crippen LogP contribution >= 0.6 is 0 Å². The fraction of sp³-hybridized carbons (Fsp3) is 0.583. The summed E-state index contributed by atoms with van der Waals surface area (Å²) in [6, 6.07) is 6.37. The van der Waals surface area contributed by atoms with Crippen molar-refractivity contribution in [3.05, 3.63) is 53.6 Å². The van der Waals surface area contributed by atoms with Crippen LogP contribution in [0.25, 0.3) is 0 Å². The Hall–Kier alpha value is -2.25. The van der Waals surface area contributed by atoms with E-state index in [1.54, 1.807) is 17.0 Å². The molecule has 0 radical (unpaired) electrons. The molecule has 0 unspecified atom stereocenters. The van der Waals surface area contributed by atoms with Crippen LogP contribution < -0.4 is 5.32 Å². The number of likely N-dealkylation sites (N-methyl/N-ethyl adjacent to an activating group) is 2. The van der Waals surface area contributed by atoms with Crippen molar-refractivity contribution in [3.63, 3.8) is 0 Å². The van der Waals surface area contributed by atoms with Crippen LogP contribution in [0.1, 0.15) is 49.7 Å². The van der Waals surface area contributed by atoms with E-state index < -0.39 is 0 Å². The zero-order valence-corrected chi connectivity index (χ0v) is 19.0. The minimum atomic E-state index is -0.233. The zero-order chi connectivity index (χ0) is 22.3. The summed E-state index contributed by atoms with van der Waals surface area (Å²) in [5.41, 5.74) is 2.21. The van der Waals surface area contributed by atoms with E-state index >= 15 is 0 Å². The number of rotatable bonds is 11. The standard InChI is InChI=1S/C16H22FNO.C8H16N4/c17-16-8-6-15(7-9-16)12-18(13-19)11-10-14-4-2-1-3-5-14;1-9-3-4-12(2)7-8-5-10-11-6-8/h6-9,13-14H,1-5,10-12H2;5-6,9H,3-4,7H2,1-2H3,(H,10,11). The average molecular weight is 432 g/mol. The number of carbonyl (C=O) groups excluding carboxylic acids is 1. The summed E-state index contributed by atoms with van der Waals surface area (Å²) in [6.07, 6.45) is 12.4. The number of carbonyl (C=O) groups is 1. The lowest BCUT2D eigenvalue weighted by Crippen LogP contribution is -2.26. The van der Waals surface area contributed by atoms with Crippen LogP contribution in [0, 0.1) is 11.7 Å². The molecule has 1 amide bonds. The van der Waals surface area contributed by atoms with Crippen molar-refractivity contribution in [1.29, 1.82) is 0 Å². The molecule has 6 nitrogen and oxygen atoms in total. The highest BCUT2D eigenvalue weighted by molar-refractivity contribution is 5.47. The van der Waals surface area contributed by atoms with E-state index in [9.17, 15) is 9.18 Å². The lowest BCUT2D eigenvalue weighted by molar-refractivity contribution is -0.118. The van der Waals surface area contributed by atoms with Crippen molar-refractivity contribution < 1.29 is 9.18 Å². The molecule has 3 rings (SSSR count). The molecule has 2 N–H and O–H groups in total. The number of benzene rings is 1. The van der Waals surface area contributed by atoms with Crippen LogP contribution in [0.3, 0.4) is 0 Å². The van der Waals surface area contributed by atoms with Crippen molar-refractivity contribution >= 4 is 6.41 Å². The first-order valence-corrected chi connectivity index (χ1v) is 11.3. The maximum atomic E-state index is 12.8. The van der Waals surface area contributed by atoms with E-state index in [2.05, 4.69) is 27.5 Å². The van der Waals surface area contributed by atoms with Gasteiger partial charge in [0.25, 0.3) is 0 Å². The number of aromatic amines is 1. The molecule has 1 fully saturated rings. The van der Waals surface area contributed by atoms with E-state index in [1.807, 2.05) is 19.4 Å². The van der Waals surface area contributed by atoms with Gasteiger partial charge in [0.2, 0.25) is 6.41 Å². The minimum Gasteiger partial charge on any atom is -0.341 e. The minimum absolute atomic E-state index is 0.233. The highest BCUT2D eigenvalue weighted by Gasteiger charge is 2.14. The molecule has 1 aliphatic carbocycles. The van der Waals surface area contributed by atoms with Crippen molar-refractivity contribution in [2.24, 2.45) is 5.92 Å². The number of amides is 1. The van der Waals surface area contributed by atoms with E-state index in [0.29, 0.717) is 6.54 Å². The monoisotopic (exact) mass is 431 g/mol. The number of aromatic nitrogens is 2. The third kappa shape index (κ3) is 10.6. The fourth-order valence-electron chi connectivity index (χ4n) is 3.88. The molecule has 1 saturated carbocycles. The van der Waals surface area contributed by atoms with E-state index in [0.717, 1.165) is 50.5 Å². The van der Waals surface area contributed by atoms with Gasteiger partial charge >= 0.3 is 0 Å². The summed E-state index contributed by atoms with van der Waals surface area (Å²) in [5.74, 6) is 0.549. The number of nitrogens with one attached hydrogen (secondary N) is 2. The summed E-state index contributed by atoms with van der Waals surface area (Å²) in [7, 11) is 4.07. The van der Waals surface area contributed by atoms with Gasteiger partial charge in [-0.25, -0.2) is 4.39 Å². The number of nitrogens with zero attached hydrogens (tertiary/aromatic N) is 3. The number of hydrogen-bond acceptors (Lipinski definition) is 4. The molecule has 1 aromatic heterocycles. The molecule has 1 aromatic carbocycles. The van der Waals surface area contributed by atoms with Crippen molar-refractivity contribution in [1.82, 2.24) is 25.3 Å². The van der Waals surface area contributed by atoms with Gasteiger partial charge in [0.05, 0.1) is 6.20 Å². The summed E-state index contributed by atoms with van der Waals surface area (Å²) < 4.78 is 12.8. The molecule has 31 heavy (non-hydrogen) atoms. The number of halogens is 1. The lowest BCUT2D eigenvalue weighted by Gasteiger charge is -2.24. The molecule has 0 atom stereocenters. The van der Waals surface area contributed by atoms with Gasteiger partial charge in [0.1, 0.15) is 5.82 Å². The van der Waals surface area contributed by atoms with E-state index in [-0.39, 0.29) is 5.82 Å². The van der Waals surface area contributed by atoms with Gasteiger partial charge in [0, 0.05) is 44.5 Å². The van der Waals surface area contributed by atoms with E-state index in [4.69, 9.17) is 0 Å². The Morgan fingerprint density at radius 2 is 1.87 bits per heavy atom. The molecule has 2 aromatic rings. The Morgan fingerprint density at radius 3 is 2.48 bits per heavy atom. The van der Waals surface area contributed by atoms with Crippen molar-refractivity contribution in [3.8, 4) is 0 Å². The summed E-state index contributed by atoms with van der Waals surface area (Å²) >= 11 is 0. The maximum absolute atomic E-state index is 12.8. The highest BCUT2D eigenvalue weighted by Crippen LogP contribution is 2.26. The first kappa shape index (κ1) is 25.0. The molecular formula is C24H38FN5O. The molecule has 0 aliphatic heterocycles. The summed E-state index contributed by atoms with van der Waals surface area (Å²) in [4.78, 5) is 15.1. The molecule has 172 valence electrons. The third-order valence-corrected chi connectivity index (χ3v) is 5.75. The quantitative estimate of drug-likeness (QED) is 0.531. The van der Waals surface area contributed by atoms with Gasteiger partial charge in [-0.2, -0.15) is 5.10 Å². The molecule has 0 saturated heterocycles. The predicted octanol–water partition coefficient (Wildman–Crippen LogP) is 3.82. The Labute approximate surface area is 186 Å². The maximum Gasteiger partial charge on any atom is 0.210 e. The van der Waals surface area contributed by atoms with Gasteiger partial charge in [-0.15, -0.1) is 0 Å². The highest BCUT2D eigenvalue weighted by atomic mass is 19.1. The summed E-state index contributed by atoms with van der Waals surface area (Å²) in [5, 5.41) is 9.80. The van der Waals surface area contributed by atoms with E-state index in [1.165, 1.54) is 49.8 Å². The van der Waals surface area contributed by atoms with Crippen LogP contribution in [0.5, 0.6) is 0 Å². The van der Waals surface area contributed by atoms with Gasteiger partial charge in [-0.3, -0.25) is 9.89 Å². The Bertz CT molecular complexity index is 701. The fourth-order valence-corrected chi connectivity index (χ4v) is 3.88. The molecule has 1 heterocycles. The topological polar surface area (TPSA) is 64.3 Å². The second kappa shape index (κ2) is 14.7. The lowest BCUT2D eigenvalue weighted by atomic mass is 9.87. The molecule has 7 heteroatoms. The van der Waals surface area contributed by atoms with Crippen LogP contribution in [0.2, 0.25) is 0 Å². The van der Waals surface area contributed by atoms with Gasteiger partial charge in [0.15, 0.2) is 0 Å². The SMILES string of the molecule is CNCCN(C)Cc1cn[nH]c1.O=CN(CCC1CCCCC1)Cc1ccc(F)cc1. The smallest absolute Gasteiger partial charge is 0.210 e. The summed E-state index contributed by atoms with van der Waals surface area (Å²) in [6.45, 7) is 4.43. The van der Waals surface area contributed by atoms with Gasteiger partial charge in [-0.05, 0) is 44.1 Å². The van der Waals surface area contributed by atoms with Crippen LogP contribution in [0.15, 0.2) is 36.7 Å². The van der Waals surface area contributed by atoms with Crippen LogP contribution in [-0.2, 0) is 17.9 Å². The number of H-pyrrole nitrogens is 1. The van der Waals surface area contributed by atoms with Crippen molar-refractivity contribution in [2.45, 2.75) is 51.6 Å². The van der Waals surface area contributed by atoms with Crippen LogP contribution in [-0.4, -0.2) is 60.1 Å². The largest absolute Gasteiger partial charge is 0.341 e. The molecular weight excluding hydrogens is 393 g/mol. The predicted molar refractivity (Wildman–Crippen MR) is 123 cm³/mol. The average Bonchev–Trinajstić information content (AvgIpc) is 3.30. The van der Waals surface area contributed by atoms with Crippen LogP contribution in [0.4, 0.5) is 4.39 Å². The second-order valence-electron chi connectivity index (χ2n) is 8.44. The number of hydrogen-bond donors (Lipinski definition) is 2.